The molecule has 4 heteroatoms. The largest absolute Gasteiger partial charge is 0.351 e. The van der Waals surface area contributed by atoms with E-state index in [0.29, 0.717) is 0 Å². The number of Topliss-reactive ketones (excluding diaryl/α,β-unsaturated/α-hetero) is 1. The van der Waals surface area contributed by atoms with Crippen LogP contribution in [0.15, 0.2) is 6.20 Å². The summed E-state index contributed by atoms with van der Waals surface area (Å²) in [6, 6.07) is 0. The van der Waals surface area contributed by atoms with Crippen LogP contribution in [0, 0.1) is 17.8 Å². The molecular formula is C14H20N2OS. The molecule has 98 valence electrons. The molecule has 2 aliphatic rings. The topological polar surface area (TPSA) is 33.2 Å². The molecule has 3 unspecified atom stereocenters. The van der Waals surface area contributed by atoms with E-state index in [1.54, 1.807) is 13.1 Å². The van der Waals surface area contributed by atoms with Gasteiger partial charge in [0, 0.05) is 20.5 Å². The zero-order valence-electron chi connectivity index (χ0n) is 11.1. The lowest BCUT2D eigenvalue weighted by Gasteiger charge is -2.26. The van der Waals surface area contributed by atoms with Crippen molar-refractivity contribution in [2.24, 2.45) is 17.8 Å². The summed E-state index contributed by atoms with van der Waals surface area (Å²) in [5.41, 5.74) is 0. The Bertz CT molecular complexity index is 456. The molecule has 0 radical (unpaired) electrons. The first-order valence-corrected chi connectivity index (χ1v) is 7.63. The van der Waals surface area contributed by atoms with Gasteiger partial charge in [-0.1, -0.05) is 17.8 Å². The minimum atomic E-state index is 0.118. The summed E-state index contributed by atoms with van der Waals surface area (Å²) in [6.45, 7) is 2.71. The molecule has 3 atom stereocenters. The zero-order chi connectivity index (χ0) is 12.7. The van der Waals surface area contributed by atoms with Gasteiger partial charge in [-0.3, -0.25) is 4.79 Å². The van der Waals surface area contributed by atoms with Crippen molar-refractivity contribution in [1.82, 2.24) is 4.98 Å². The molecule has 0 aliphatic heterocycles. The highest BCUT2D eigenvalue weighted by molar-refractivity contribution is 7.17. The Morgan fingerprint density at radius 1 is 1.50 bits per heavy atom. The van der Waals surface area contributed by atoms with E-state index in [2.05, 4.69) is 16.9 Å². The fourth-order valence-corrected chi connectivity index (χ4v) is 4.42. The zero-order valence-corrected chi connectivity index (χ0v) is 11.9. The van der Waals surface area contributed by atoms with Gasteiger partial charge in [0.2, 0.25) is 0 Å². The number of hydrogen-bond donors (Lipinski definition) is 0. The SMILES string of the molecule is CC(=O)c1cnc(N(C)CC2CC3CCC2C3)s1. The molecule has 2 aliphatic carbocycles. The monoisotopic (exact) mass is 264 g/mol. The van der Waals surface area contributed by atoms with Crippen LogP contribution in [0.4, 0.5) is 5.13 Å². The third-order valence-electron chi connectivity index (χ3n) is 4.56. The summed E-state index contributed by atoms with van der Waals surface area (Å²) < 4.78 is 0. The first-order valence-electron chi connectivity index (χ1n) is 6.81. The number of carbonyl (C=O) groups excluding carboxylic acids is 1. The Morgan fingerprint density at radius 2 is 2.33 bits per heavy atom. The van der Waals surface area contributed by atoms with Crippen LogP contribution >= 0.6 is 11.3 Å². The number of aromatic nitrogens is 1. The van der Waals surface area contributed by atoms with Crippen molar-refractivity contribution in [2.45, 2.75) is 32.6 Å². The van der Waals surface area contributed by atoms with E-state index in [9.17, 15) is 4.79 Å². The van der Waals surface area contributed by atoms with Gasteiger partial charge in [0.25, 0.3) is 0 Å². The second-order valence-electron chi connectivity index (χ2n) is 5.88. The van der Waals surface area contributed by atoms with Gasteiger partial charge in [0.05, 0.1) is 11.1 Å². The lowest BCUT2D eigenvalue weighted by Crippen LogP contribution is -2.28. The Hall–Kier alpha value is -0.900. The van der Waals surface area contributed by atoms with Crippen molar-refractivity contribution < 1.29 is 4.79 Å². The van der Waals surface area contributed by atoms with Gasteiger partial charge < -0.3 is 4.90 Å². The third kappa shape index (κ3) is 2.18. The average molecular weight is 264 g/mol. The van der Waals surface area contributed by atoms with E-state index in [1.165, 1.54) is 37.0 Å². The van der Waals surface area contributed by atoms with Crippen molar-refractivity contribution in [3.8, 4) is 0 Å². The van der Waals surface area contributed by atoms with E-state index in [4.69, 9.17) is 0 Å². The van der Waals surface area contributed by atoms with Crippen LogP contribution in [-0.4, -0.2) is 24.4 Å². The molecule has 1 aromatic heterocycles. The first kappa shape index (κ1) is 12.2. The van der Waals surface area contributed by atoms with Gasteiger partial charge in [-0.25, -0.2) is 4.98 Å². The maximum Gasteiger partial charge on any atom is 0.185 e. The van der Waals surface area contributed by atoms with Gasteiger partial charge in [-0.2, -0.15) is 0 Å². The van der Waals surface area contributed by atoms with E-state index in [0.717, 1.165) is 34.3 Å². The molecule has 1 aromatic rings. The lowest BCUT2D eigenvalue weighted by atomic mass is 9.88. The molecule has 0 N–H and O–H groups in total. The number of nitrogens with zero attached hydrogens (tertiary/aromatic N) is 2. The van der Waals surface area contributed by atoms with Crippen LogP contribution in [0.1, 0.15) is 42.3 Å². The Morgan fingerprint density at radius 3 is 2.89 bits per heavy atom. The summed E-state index contributed by atoms with van der Waals surface area (Å²) in [4.78, 5) is 18.7. The Kier molecular flexibility index (Phi) is 3.14. The minimum absolute atomic E-state index is 0.118. The number of ketones is 1. The number of hydrogen-bond acceptors (Lipinski definition) is 4. The summed E-state index contributed by atoms with van der Waals surface area (Å²) in [5, 5.41) is 0.989. The van der Waals surface area contributed by atoms with Crippen molar-refractivity contribution in [1.29, 1.82) is 0 Å². The van der Waals surface area contributed by atoms with Crippen molar-refractivity contribution in [3.63, 3.8) is 0 Å². The normalized spacial score (nSPS) is 29.8. The van der Waals surface area contributed by atoms with Crippen LogP contribution in [0.2, 0.25) is 0 Å². The Balaban J connectivity index is 1.63. The van der Waals surface area contributed by atoms with E-state index in [-0.39, 0.29) is 5.78 Å². The predicted octanol–water partition coefficient (Wildman–Crippen LogP) is 3.22. The van der Waals surface area contributed by atoms with Crippen LogP contribution in [-0.2, 0) is 0 Å². The van der Waals surface area contributed by atoms with Crippen LogP contribution in [0.5, 0.6) is 0 Å². The fraction of sp³-hybridized carbons (Fsp3) is 0.714. The van der Waals surface area contributed by atoms with Crippen molar-refractivity contribution in [2.75, 3.05) is 18.5 Å². The lowest BCUT2D eigenvalue weighted by molar-refractivity contribution is 0.102. The maximum absolute atomic E-state index is 11.3. The second-order valence-corrected chi connectivity index (χ2v) is 6.89. The van der Waals surface area contributed by atoms with Crippen LogP contribution in [0.3, 0.4) is 0 Å². The minimum Gasteiger partial charge on any atom is -0.351 e. The third-order valence-corrected chi connectivity index (χ3v) is 5.77. The maximum atomic E-state index is 11.3. The molecule has 2 saturated carbocycles. The average Bonchev–Trinajstić information content (AvgIpc) is 3.04. The van der Waals surface area contributed by atoms with Crippen LogP contribution in [0.25, 0.3) is 0 Å². The molecule has 0 spiro atoms. The van der Waals surface area contributed by atoms with Gasteiger partial charge in [0.1, 0.15) is 0 Å². The molecule has 0 aromatic carbocycles. The van der Waals surface area contributed by atoms with Gasteiger partial charge in [-0.05, 0) is 37.0 Å². The molecule has 3 nitrogen and oxygen atoms in total. The first-order chi connectivity index (χ1) is 8.63. The van der Waals surface area contributed by atoms with Crippen molar-refractivity contribution in [3.05, 3.63) is 11.1 Å². The number of thiazole rings is 1. The van der Waals surface area contributed by atoms with Crippen molar-refractivity contribution >= 4 is 22.3 Å². The highest BCUT2D eigenvalue weighted by atomic mass is 32.1. The van der Waals surface area contributed by atoms with E-state index >= 15 is 0 Å². The molecule has 2 bridgehead atoms. The molecule has 18 heavy (non-hydrogen) atoms. The standard InChI is InChI=1S/C14H20N2OS/c1-9(17)13-7-15-14(18-13)16(2)8-12-6-10-3-4-11(12)5-10/h7,10-12H,3-6,8H2,1-2H3. The summed E-state index contributed by atoms with van der Waals surface area (Å²) in [7, 11) is 2.11. The summed E-state index contributed by atoms with van der Waals surface area (Å²) in [6.07, 6.45) is 7.45. The number of rotatable bonds is 4. The number of carbonyl (C=O) groups is 1. The summed E-state index contributed by atoms with van der Waals surface area (Å²) >= 11 is 1.52. The quantitative estimate of drug-likeness (QED) is 0.783. The molecule has 3 rings (SSSR count). The van der Waals surface area contributed by atoms with Crippen LogP contribution < -0.4 is 4.90 Å². The molecule has 0 saturated heterocycles. The van der Waals surface area contributed by atoms with Gasteiger partial charge >= 0.3 is 0 Å². The number of fused-ring (bicyclic) bond motifs is 2. The summed E-state index contributed by atoms with van der Waals surface area (Å²) in [5.74, 6) is 2.91. The Labute approximate surface area is 112 Å². The smallest absolute Gasteiger partial charge is 0.185 e. The molecule has 2 fully saturated rings. The van der Waals surface area contributed by atoms with E-state index < -0.39 is 0 Å². The molecule has 1 heterocycles. The predicted molar refractivity (Wildman–Crippen MR) is 74.3 cm³/mol. The van der Waals surface area contributed by atoms with Gasteiger partial charge in [-0.15, -0.1) is 0 Å². The highest BCUT2D eigenvalue weighted by Gasteiger charge is 2.39. The molecular weight excluding hydrogens is 244 g/mol. The fourth-order valence-electron chi connectivity index (χ4n) is 3.63. The molecule has 0 amide bonds. The number of anilines is 1. The highest BCUT2D eigenvalue weighted by Crippen LogP contribution is 2.48. The second kappa shape index (κ2) is 4.65. The van der Waals surface area contributed by atoms with Gasteiger partial charge in [0.15, 0.2) is 10.9 Å². The van der Waals surface area contributed by atoms with E-state index in [1.807, 2.05) is 0 Å².